The lowest BCUT2D eigenvalue weighted by Gasteiger charge is -2.28. The molecule has 0 aromatic heterocycles. The molecule has 0 radical (unpaired) electrons. The van der Waals surface area contributed by atoms with Gasteiger partial charge in [0.25, 0.3) is 0 Å². The van der Waals surface area contributed by atoms with Gasteiger partial charge in [0.05, 0.1) is 11.6 Å². The van der Waals surface area contributed by atoms with Crippen LogP contribution in [0.25, 0.3) is 0 Å². The summed E-state index contributed by atoms with van der Waals surface area (Å²) >= 11 is 3.54. The van der Waals surface area contributed by atoms with Gasteiger partial charge in [-0.1, -0.05) is 19.4 Å². The Labute approximate surface area is 118 Å². The van der Waals surface area contributed by atoms with Crippen LogP contribution in [0, 0.1) is 5.92 Å². The van der Waals surface area contributed by atoms with E-state index in [1.807, 2.05) is 6.07 Å². The summed E-state index contributed by atoms with van der Waals surface area (Å²) in [6, 6.07) is 7.14. The van der Waals surface area contributed by atoms with Crippen molar-refractivity contribution in [1.29, 1.82) is 0 Å². The van der Waals surface area contributed by atoms with E-state index in [0.29, 0.717) is 5.92 Å². The smallest absolute Gasteiger partial charge is 0.133 e. The van der Waals surface area contributed by atoms with Crippen LogP contribution in [0.3, 0.4) is 0 Å². The van der Waals surface area contributed by atoms with Gasteiger partial charge in [-0.15, -0.1) is 0 Å². The standard InChI is InChI=1S/C15H22BrNO/c1-11(10-17-13-4-3-5-13)8-12-6-7-15(18-2)14(16)9-12/h6-7,9,11,13,17H,3-5,8,10H2,1-2H3. The number of benzene rings is 1. The molecular formula is C15H22BrNO. The van der Waals surface area contributed by atoms with Gasteiger partial charge in [0.15, 0.2) is 0 Å². The van der Waals surface area contributed by atoms with Crippen LogP contribution in [0.2, 0.25) is 0 Å². The SMILES string of the molecule is COc1ccc(CC(C)CNC2CCC2)cc1Br. The molecule has 1 aliphatic rings. The molecule has 1 aliphatic carbocycles. The van der Waals surface area contributed by atoms with Crippen molar-refractivity contribution < 1.29 is 4.74 Å². The molecule has 0 saturated heterocycles. The molecule has 2 rings (SSSR count). The fourth-order valence-electron chi connectivity index (χ4n) is 2.29. The highest BCUT2D eigenvalue weighted by atomic mass is 79.9. The molecule has 1 aromatic carbocycles. The van der Waals surface area contributed by atoms with Crippen molar-refractivity contribution in [2.45, 2.75) is 38.6 Å². The van der Waals surface area contributed by atoms with E-state index >= 15 is 0 Å². The fourth-order valence-corrected chi connectivity index (χ4v) is 2.88. The summed E-state index contributed by atoms with van der Waals surface area (Å²) in [6.07, 6.45) is 5.24. The summed E-state index contributed by atoms with van der Waals surface area (Å²) in [7, 11) is 1.70. The molecule has 0 spiro atoms. The van der Waals surface area contributed by atoms with Gasteiger partial charge < -0.3 is 10.1 Å². The number of rotatable bonds is 6. The highest BCUT2D eigenvalue weighted by Gasteiger charge is 2.17. The highest BCUT2D eigenvalue weighted by Crippen LogP contribution is 2.26. The molecule has 1 saturated carbocycles. The van der Waals surface area contributed by atoms with Gasteiger partial charge in [0.1, 0.15) is 5.75 Å². The van der Waals surface area contributed by atoms with Gasteiger partial charge in [-0.25, -0.2) is 0 Å². The molecule has 1 atom stereocenters. The zero-order valence-electron chi connectivity index (χ0n) is 11.2. The molecule has 1 unspecified atom stereocenters. The van der Waals surface area contributed by atoms with Crippen LogP contribution in [0.1, 0.15) is 31.7 Å². The Balaban J connectivity index is 1.82. The Kier molecular flexibility index (Phi) is 5.07. The molecule has 0 heterocycles. The predicted molar refractivity (Wildman–Crippen MR) is 79.2 cm³/mol. The Morgan fingerprint density at radius 3 is 2.78 bits per heavy atom. The van der Waals surface area contributed by atoms with E-state index in [4.69, 9.17) is 4.74 Å². The quantitative estimate of drug-likeness (QED) is 0.863. The third-order valence-electron chi connectivity index (χ3n) is 3.66. The predicted octanol–water partition coefficient (Wildman–Crippen LogP) is 3.78. The van der Waals surface area contributed by atoms with Crippen LogP contribution in [0.5, 0.6) is 5.75 Å². The second kappa shape index (κ2) is 6.58. The largest absolute Gasteiger partial charge is 0.496 e. The monoisotopic (exact) mass is 311 g/mol. The third kappa shape index (κ3) is 3.72. The molecule has 0 bridgehead atoms. The van der Waals surface area contributed by atoms with Crippen molar-refractivity contribution >= 4 is 15.9 Å². The number of hydrogen-bond donors (Lipinski definition) is 1. The molecule has 1 N–H and O–H groups in total. The molecule has 18 heavy (non-hydrogen) atoms. The van der Waals surface area contributed by atoms with E-state index in [1.54, 1.807) is 7.11 Å². The van der Waals surface area contributed by atoms with Crippen LogP contribution in [0.4, 0.5) is 0 Å². The van der Waals surface area contributed by atoms with Crippen LogP contribution in [-0.2, 0) is 6.42 Å². The van der Waals surface area contributed by atoms with Gasteiger partial charge >= 0.3 is 0 Å². The van der Waals surface area contributed by atoms with E-state index in [-0.39, 0.29) is 0 Å². The lowest BCUT2D eigenvalue weighted by molar-refractivity contribution is 0.320. The summed E-state index contributed by atoms with van der Waals surface area (Å²) in [4.78, 5) is 0. The van der Waals surface area contributed by atoms with E-state index in [2.05, 4.69) is 40.3 Å². The van der Waals surface area contributed by atoms with E-state index in [0.717, 1.165) is 29.2 Å². The first-order valence-electron chi connectivity index (χ1n) is 6.75. The minimum atomic E-state index is 0.672. The minimum Gasteiger partial charge on any atom is -0.496 e. The number of nitrogens with one attached hydrogen (secondary N) is 1. The number of halogens is 1. The molecular weight excluding hydrogens is 290 g/mol. The van der Waals surface area contributed by atoms with Gasteiger partial charge in [0, 0.05) is 6.04 Å². The first-order valence-corrected chi connectivity index (χ1v) is 7.54. The molecule has 1 aromatic rings. The van der Waals surface area contributed by atoms with Crippen molar-refractivity contribution in [2.24, 2.45) is 5.92 Å². The Morgan fingerprint density at radius 2 is 2.22 bits per heavy atom. The lowest BCUT2D eigenvalue weighted by atomic mass is 9.92. The maximum Gasteiger partial charge on any atom is 0.133 e. The van der Waals surface area contributed by atoms with E-state index in [9.17, 15) is 0 Å². The second-order valence-corrected chi connectivity index (χ2v) is 6.17. The number of methoxy groups -OCH3 is 1. The van der Waals surface area contributed by atoms with Crippen LogP contribution in [0.15, 0.2) is 22.7 Å². The van der Waals surface area contributed by atoms with Crippen LogP contribution < -0.4 is 10.1 Å². The van der Waals surface area contributed by atoms with Crippen LogP contribution >= 0.6 is 15.9 Å². The van der Waals surface area contributed by atoms with Gasteiger partial charge in [-0.05, 0) is 65.4 Å². The summed E-state index contributed by atoms with van der Waals surface area (Å²) in [6.45, 7) is 3.43. The summed E-state index contributed by atoms with van der Waals surface area (Å²) in [5.41, 5.74) is 1.37. The van der Waals surface area contributed by atoms with Gasteiger partial charge in [-0.3, -0.25) is 0 Å². The minimum absolute atomic E-state index is 0.672. The fraction of sp³-hybridized carbons (Fsp3) is 0.600. The third-order valence-corrected chi connectivity index (χ3v) is 4.28. The van der Waals surface area contributed by atoms with Crippen molar-refractivity contribution in [3.8, 4) is 5.75 Å². The molecule has 1 fully saturated rings. The van der Waals surface area contributed by atoms with Crippen molar-refractivity contribution in [2.75, 3.05) is 13.7 Å². The molecule has 0 aliphatic heterocycles. The first kappa shape index (κ1) is 13.9. The second-order valence-electron chi connectivity index (χ2n) is 5.31. The van der Waals surface area contributed by atoms with E-state index < -0.39 is 0 Å². The average molecular weight is 312 g/mol. The van der Waals surface area contributed by atoms with Crippen molar-refractivity contribution in [3.05, 3.63) is 28.2 Å². The topological polar surface area (TPSA) is 21.3 Å². The highest BCUT2D eigenvalue weighted by molar-refractivity contribution is 9.10. The summed E-state index contributed by atoms with van der Waals surface area (Å²) in [5.74, 6) is 1.57. The number of ether oxygens (including phenoxy) is 1. The zero-order chi connectivity index (χ0) is 13.0. The average Bonchev–Trinajstić information content (AvgIpc) is 2.27. The lowest BCUT2D eigenvalue weighted by Crippen LogP contribution is -2.38. The van der Waals surface area contributed by atoms with Crippen LogP contribution in [-0.4, -0.2) is 19.7 Å². The Morgan fingerprint density at radius 1 is 1.44 bits per heavy atom. The summed E-state index contributed by atoms with van der Waals surface area (Å²) in [5, 5.41) is 3.64. The molecule has 100 valence electrons. The van der Waals surface area contributed by atoms with Gasteiger partial charge in [0.2, 0.25) is 0 Å². The molecule has 2 nitrogen and oxygen atoms in total. The normalized spacial score (nSPS) is 17.3. The molecule has 0 amide bonds. The maximum atomic E-state index is 5.25. The first-order chi connectivity index (χ1) is 8.69. The Bertz CT molecular complexity index is 390. The Hall–Kier alpha value is -0.540. The number of hydrogen-bond acceptors (Lipinski definition) is 2. The van der Waals surface area contributed by atoms with Gasteiger partial charge in [-0.2, -0.15) is 0 Å². The van der Waals surface area contributed by atoms with Crippen molar-refractivity contribution in [1.82, 2.24) is 5.32 Å². The zero-order valence-corrected chi connectivity index (χ0v) is 12.8. The van der Waals surface area contributed by atoms with Crippen molar-refractivity contribution in [3.63, 3.8) is 0 Å². The van der Waals surface area contributed by atoms with E-state index in [1.165, 1.54) is 24.8 Å². The molecule has 3 heteroatoms. The summed E-state index contributed by atoms with van der Waals surface area (Å²) < 4.78 is 6.29. The maximum absolute atomic E-state index is 5.25.